The Bertz CT molecular complexity index is 905. The zero-order valence-corrected chi connectivity index (χ0v) is 13.9. The second-order valence-electron chi connectivity index (χ2n) is 5.56. The highest BCUT2D eigenvalue weighted by Crippen LogP contribution is 2.20. The number of carbonyl (C=O) groups is 2. The van der Waals surface area contributed by atoms with E-state index >= 15 is 0 Å². The summed E-state index contributed by atoms with van der Waals surface area (Å²) in [7, 11) is 1.32. The molecule has 0 unspecified atom stereocenters. The average Bonchev–Trinajstić information content (AvgIpc) is 3.02. The summed E-state index contributed by atoms with van der Waals surface area (Å²) in [6.45, 7) is 1.78. The van der Waals surface area contributed by atoms with Crippen LogP contribution in [0.1, 0.15) is 34.1 Å². The summed E-state index contributed by atoms with van der Waals surface area (Å²) in [5, 5.41) is 7.36. The summed E-state index contributed by atoms with van der Waals surface area (Å²) in [6, 6.07) is 10.4. The minimum absolute atomic E-state index is 0.0359. The van der Waals surface area contributed by atoms with Crippen molar-refractivity contribution in [3.63, 3.8) is 0 Å². The van der Waals surface area contributed by atoms with Crippen molar-refractivity contribution in [1.82, 2.24) is 15.5 Å². The fourth-order valence-electron chi connectivity index (χ4n) is 2.50. The van der Waals surface area contributed by atoms with Crippen molar-refractivity contribution < 1.29 is 18.8 Å². The van der Waals surface area contributed by atoms with E-state index in [2.05, 4.69) is 15.5 Å². The molecule has 7 nitrogen and oxygen atoms in total. The van der Waals surface area contributed by atoms with Crippen molar-refractivity contribution in [2.45, 2.75) is 19.4 Å². The number of aryl methyl sites for hydroxylation is 1. The molecule has 2 heterocycles. The molecule has 0 bridgehead atoms. The van der Waals surface area contributed by atoms with Crippen molar-refractivity contribution >= 4 is 23.0 Å². The molecule has 1 aromatic carbocycles. The molecule has 3 aromatic rings. The monoisotopic (exact) mass is 339 g/mol. The number of nitrogens with one attached hydrogen (secondary N) is 1. The first-order valence-corrected chi connectivity index (χ1v) is 7.73. The molecule has 25 heavy (non-hydrogen) atoms. The second kappa shape index (κ2) is 7.12. The van der Waals surface area contributed by atoms with Gasteiger partial charge in [-0.05, 0) is 18.6 Å². The molecule has 1 N–H and O–H groups in total. The number of nitrogens with zero attached hydrogens (tertiary/aromatic N) is 2. The summed E-state index contributed by atoms with van der Waals surface area (Å²) in [6.07, 6.45) is 1.46. The number of hydrogen-bond acceptors (Lipinski definition) is 6. The molecule has 0 aliphatic carbocycles. The zero-order chi connectivity index (χ0) is 17.8. The van der Waals surface area contributed by atoms with Crippen LogP contribution in [0, 0.1) is 6.92 Å². The molecule has 128 valence electrons. The summed E-state index contributed by atoms with van der Waals surface area (Å²) >= 11 is 0. The molecule has 1 amide bonds. The number of hydrogen-bond donors (Lipinski definition) is 1. The average molecular weight is 339 g/mol. The van der Waals surface area contributed by atoms with Gasteiger partial charge in [0.2, 0.25) is 0 Å². The number of fused-ring (bicyclic) bond motifs is 1. The van der Waals surface area contributed by atoms with Gasteiger partial charge in [-0.3, -0.25) is 9.59 Å². The number of pyridine rings is 1. The van der Waals surface area contributed by atoms with E-state index in [9.17, 15) is 9.59 Å². The van der Waals surface area contributed by atoms with E-state index in [1.165, 1.54) is 13.3 Å². The molecule has 0 saturated carbocycles. The van der Waals surface area contributed by atoms with Crippen LogP contribution in [0.3, 0.4) is 0 Å². The Kier molecular flexibility index (Phi) is 4.74. The molecule has 0 aliphatic rings. The number of rotatable bonds is 5. The topological polar surface area (TPSA) is 94.3 Å². The minimum atomic E-state index is -0.500. The molecule has 0 spiro atoms. The van der Waals surface area contributed by atoms with Gasteiger partial charge in [-0.1, -0.05) is 35.5 Å². The highest BCUT2D eigenvalue weighted by Gasteiger charge is 2.20. The zero-order valence-electron chi connectivity index (χ0n) is 13.9. The summed E-state index contributed by atoms with van der Waals surface area (Å²) in [4.78, 5) is 28.4. The van der Waals surface area contributed by atoms with Crippen LogP contribution in [0.25, 0.3) is 11.1 Å². The number of carbonyl (C=O) groups excluding carboxylic acids is 2. The molecule has 7 heteroatoms. The number of benzene rings is 1. The first kappa shape index (κ1) is 16.6. The molecule has 0 aliphatic heterocycles. The molecule has 3 rings (SSSR count). The normalized spacial score (nSPS) is 11.9. The van der Waals surface area contributed by atoms with E-state index in [-0.39, 0.29) is 12.3 Å². The lowest BCUT2D eigenvalue weighted by Gasteiger charge is -2.18. The SMILES string of the molecule is COC(=O)C[C@@H](NC(=O)c1cnc2onc(C)c2c1)c1ccccc1. The van der Waals surface area contributed by atoms with Crippen LogP contribution >= 0.6 is 0 Å². The Morgan fingerprint density at radius 3 is 2.76 bits per heavy atom. The van der Waals surface area contributed by atoms with E-state index < -0.39 is 12.0 Å². The minimum Gasteiger partial charge on any atom is -0.469 e. The first-order valence-electron chi connectivity index (χ1n) is 7.73. The standard InChI is InChI=1S/C18H17N3O4/c1-11-14-8-13(10-19-18(14)25-21-11)17(23)20-15(9-16(22)24-2)12-6-4-3-5-7-12/h3-8,10,15H,9H2,1-2H3,(H,20,23)/t15-/m1/s1. The van der Waals surface area contributed by atoms with Gasteiger partial charge in [-0.25, -0.2) is 4.98 Å². The quantitative estimate of drug-likeness (QED) is 0.718. The molecule has 0 fully saturated rings. The maximum Gasteiger partial charge on any atom is 0.307 e. The van der Waals surface area contributed by atoms with Crippen molar-refractivity contribution in [3.05, 3.63) is 59.4 Å². The Balaban J connectivity index is 1.85. The number of esters is 1. The third-order valence-electron chi connectivity index (χ3n) is 3.88. The third-order valence-corrected chi connectivity index (χ3v) is 3.88. The van der Waals surface area contributed by atoms with Crippen LogP contribution in [-0.4, -0.2) is 29.1 Å². The van der Waals surface area contributed by atoms with Gasteiger partial charge in [-0.15, -0.1) is 0 Å². The Morgan fingerprint density at radius 2 is 2.04 bits per heavy atom. The molecule has 0 saturated heterocycles. The lowest BCUT2D eigenvalue weighted by Crippen LogP contribution is -2.30. The number of ether oxygens (including phenoxy) is 1. The van der Waals surface area contributed by atoms with Crippen LogP contribution in [0.15, 0.2) is 47.1 Å². The number of methoxy groups -OCH3 is 1. The molecule has 2 aromatic heterocycles. The van der Waals surface area contributed by atoms with Crippen LogP contribution in [0.2, 0.25) is 0 Å². The van der Waals surface area contributed by atoms with E-state index in [0.29, 0.717) is 22.4 Å². The van der Waals surface area contributed by atoms with Crippen LogP contribution < -0.4 is 5.32 Å². The Morgan fingerprint density at radius 1 is 1.28 bits per heavy atom. The van der Waals surface area contributed by atoms with Crippen LogP contribution in [-0.2, 0) is 9.53 Å². The molecular weight excluding hydrogens is 322 g/mol. The Labute approximate surface area is 144 Å². The van der Waals surface area contributed by atoms with Crippen molar-refractivity contribution in [2.75, 3.05) is 7.11 Å². The van der Waals surface area contributed by atoms with E-state index in [1.807, 2.05) is 30.3 Å². The van der Waals surface area contributed by atoms with E-state index in [1.54, 1.807) is 13.0 Å². The predicted octanol–water partition coefficient (Wildman–Crippen LogP) is 2.57. The van der Waals surface area contributed by atoms with Gasteiger partial charge in [0.25, 0.3) is 11.6 Å². The largest absolute Gasteiger partial charge is 0.469 e. The third kappa shape index (κ3) is 3.65. The van der Waals surface area contributed by atoms with Gasteiger partial charge < -0.3 is 14.6 Å². The van der Waals surface area contributed by atoms with Gasteiger partial charge in [0.05, 0.1) is 36.2 Å². The highest BCUT2D eigenvalue weighted by molar-refractivity contribution is 5.97. The summed E-state index contributed by atoms with van der Waals surface area (Å²) in [5.74, 6) is -0.745. The van der Waals surface area contributed by atoms with Gasteiger partial charge in [0, 0.05) is 6.20 Å². The second-order valence-corrected chi connectivity index (χ2v) is 5.56. The van der Waals surface area contributed by atoms with Gasteiger partial charge in [0.15, 0.2) is 0 Å². The van der Waals surface area contributed by atoms with Crippen molar-refractivity contribution in [2.24, 2.45) is 0 Å². The number of amides is 1. The molecule has 0 radical (unpaired) electrons. The predicted molar refractivity (Wildman–Crippen MR) is 89.8 cm³/mol. The van der Waals surface area contributed by atoms with Gasteiger partial charge in [0.1, 0.15) is 0 Å². The van der Waals surface area contributed by atoms with Gasteiger partial charge in [-0.2, -0.15) is 0 Å². The summed E-state index contributed by atoms with van der Waals surface area (Å²) < 4.78 is 9.78. The lowest BCUT2D eigenvalue weighted by molar-refractivity contribution is -0.141. The Hall–Kier alpha value is -3.22. The lowest BCUT2D eigenvalue weighted by atomic mass is 10.0. The summed E-state index contributed by atoms with van der Waals surface area (Å²) in [5.41, 5.74) is 2.22. The van der Waals surface area contributed by atoms with Crippen molar-refractivity contribution in [3.8, 4) is 0 Å². The van der Waals surface area contributed by atoms with Crippen molar-refractivity contribution in [1.29, 1.82) is 0 Å². The maximum absolute atomic E-state index is 12.6. The smallest absolute Gasteiger partial charge is 0.307 e. The molecular formula is C18H17N3O4. The van der Waals surface area contributed by atoms with E-state index in [0.717, 1.165) is 5.56 Å². The number of aromatic nitrogens is 2. The fourth-order valence-corrected chi connectivity index (χ4v) is 2.50. The van der Waals surface area contributed by atoms with Gasteiger partial charge >= 0.3 is 5.97 Å². The van der Waals surface area contributed by atoms with Crippen LogP contribution in [0.5, 0.6) is 0 Å². The maximum atomic E-state index is 12.6. The fraction of sp³-hybridized carbons (Fsp3) is 0.222. The van der Waals surface area contributed by atoms with Crippen LogP contribution in [0.4, 0.5) is 0 Å². The highest BCUT2D eigenvalue weighted by atomic mass is 16.5. The van der Waals surface area contributed by atoms with E-state index in [4.69, 9.17) is 9.26 Å². The first-order chi connectivity index (χ1) is 12.1. The molecule has 1 atom stereocenters.